The molecule has 4 nitrogen and oxygen atoms in total. The van der Waals surface area contributed by atoms with Crippen molar-refractivity contribution >= 4 is 5.91 Å². The van der Waals surface area contributed by atoms with Crippen molar-refractivity contribution in [1.29, 1.82) is 0 Å². The van der Waals surface area contributed by atoms with Gasteiger partial charge >= 0.3 is 0 Å². The number of aliphatic hydroxyl groups is 1. The van der Waals surface area contributed by atoms with Gasteiger partial charge in [-0.3, -0.25) is 4.79 Å². The quantitative estimate of drug-likeness (QED) is 0.815. The zero-order chi connectivity index (χ0) is 13.7. The first kappa shape index (κ1) is 14.8. The van der Waals surface area contributed by atoms with Gasteiger partial charge in [0.05, 0.1) is 5.60 Å². The zero-order valence-electron chi connectivity index (χ0n) is 12.2. The van der Waals surface area contributed by atoms with Gasteiger partial charge in [0.25, 0.3) is 0 Å². The molecule has 0 radical (unpaired) electrons. The number of nitrogens with zero attached hydrogens (tertiary/aromatic N) is 1. The number of carbonyl (C=O) groups excluding carboxylic acids is 1. The lowest BCUT2D eigenvalue weighted by Gasteiger charge is -2.35. The Balaban J connectivity index is 1.61. The van der Waals surface area contributed by atoms with Crippen molar-refractivity contribution in [3.63, 3.8) is 0 Å². The Morgan fingerprint density at radius 3 is 2.53 bits per heavy atom. The molecule has 110 valence electrons. The van der Waals surface area contributed by atoms with Gasteiger partial charge in [-0.05, 0) is 32.6 Å². The predicted octanol–water partition coefficient (Wildman–Crippen LogP) is 1.67. The molecule has 0 aromatic carbocycles. The molecule has 1 saturated carbocycles. The molecule has 2 aliphatic rings. The van der Waals surface area contributed by atoms with Crippen LogP contribution >= 0.6 is 0 Å². The highest BCUT2D eigenvalue weighted by Gasteiger charge is 2.27. The third-order valence-corrected chi connectivity index (χ3v) is 4.56. The van der Waals surface area contributed by atoms with E-state index in [2.05, 4.69) is 10.2 Å². The third-order valence-electron chi connectivity index (χ3n) is 4.56. The summed E-state index contributed by atoms with van der Waals surface area (Å²) >= 11 is 0. The van der Waals surface area contributed by atoms with E-state index in [1.165, 1.54) is 19.3 Å². The summed E-state index contributed by atoms with van der Waals surface area (Å²) < 4.78 is 0. The molecule has 0 bridgehead atoms. The van der Waals surface area contributed by atoms with E-state index in [1.54, 1.807) is 0 Å². The van der Waals surface area contributed by atoms with E-state index in [0.717, 1.165) is 45.3 Å². The number of amides is 1. The standard InChI is InChI=1S/C15H28N2O2/c1-15(19)8-11-17(12-9-15)10-7-14(18)16-13-5-3-2-4-6-13/h13,19H,2-12H2,1H3,(H,16,18). The summed E-state index contributed by atoms with van der Waals surface area (Å²) in [6.07, 6.45) is 8.36. The summed E-state index contributed by atoms with van der Waals surface area (Å²) in [7, 11) is 0. The first-order valence-electron chi connectivity index (χ1n) is 7.79. The maximum atomic E-state index is 11.9. The van der Waals surface area contributed by atoms with Crippen LogP contribution < -0.4 is 5.32 Å². The second kappa shape index (κ2) is 6.71. The number of likely N-dealkylation sites (tertiary alicyclic amines) is 1. The highest BCUT2D eigenvalue weighted by molar-refractivity contribution is 5.76. The molecule has 1 aliphatic heterocycles. The Hall–Kier alpha value is -0.610. The minimum absolute atomic E-state index is 0.198. The zero-order valence-corrected chi connectivity index (χ0v) is 12.2. The molecule has 0 atom stereocenters. The first-order chi connectivity index (χ1) is 9.05. The largest absolute Gasteiger partial charge is 0.390 e. The lowest BCUT2D eigenvalue weighted by Crippen LogP contribution is -2.44. The lowest BCUT2D eigenvalue weighted by atomic mass is 9.94. The summed E-state index contributed by atoms with van der Waals surface area (Å²) in [5.74, 6) is 0.198. The number of hydrogen-bond donors (Lipinski definition) is 2. The van der Waals surface area contributed by atoms with Crippen LogP contribution in [0.1, 0.15) is 58.3 Å². The molecule has 0 aromatic heterocycles. The molecule has 0 aromatic rings. The topological polar surface area (TPSA) is 52.6 Å². The van der Waals surface area contributed by atoms with Gasteiger partial charge in [0.2, 0.25) is 5.91 Å². The van der Waals surface area contributed by atoms with Crippen LogP contribution in [-0.4, -0.2) is 47.2 Å². The molecule has 1 saturated heterocycles. The van der Waals surface area contributed by atoms with Gasteiger partial charge < -0.3 is 15.3 Å². The minimum Gasteiger partial charge on any atom is -0.390 e. The fourth-order valence-corrected chi connectivity index (χ4v) is 3.06. The molecule has 4 heteroatoms. The molecule has 2 fully saturated rings. The molecule has 1 aliphatic carbocycles. The molecule has 2 rings (SSSR count). The molecule has 0 spiro atoms. The van der Waals surface area contributed by atoms with E-state index in [1.807, 2.05) is 6.92 Å². The van der Waals surface area contributed by atoms with Gasteiger partial charge in [0.1, 0.15) is 0 Å². The van der Waals surface area contributed by atoms with Crippen molar-refractivity contribution in [3.05, 3.63) is 0 Å². The summed E-state index contributed by atoms with van der Waals surface area (Å²) in [6, 6.07) is 0.420. The Labute approximate surface area is 116 Å². The van der Waals surface area contributed by atoms with Crippen molar-refractivity contribution in [2.75, 3.05) is 19.6 Å². The van der Waals surface area contributed by atoms with Gasteiger partial charge in [-0.25, -0.2) is 0 Å². The van der Waals surface area contributed by atoms with Crippen molar-refractivity contribution in [3.8, 4) is 0 Å². The second-order valence-electron chi connectivity index (χ2n) is 6.49. The Morgan fingerprint density at radius 1 is 1.26 bits per heavy atom. The maximum absolute atomic E-state index is 11.9. The molecule has 1 heterocycles. The number of rotatable bonds is 4. The molecule has 19 heavy (non-hydrogen) atoms. The van der Waals surface area contributed by atoms with Crippen LogP contribution in [0.2, 0.25) is 0 Å². The smallest absolute Gasteiger partial charge is 0.221 e. The molecule has 1 amide bonds. The van der Waals surface area contributed by atoms with Gasteiger partial charge in [-0.15, -0.1) is 0 Å². The highest BCUT2D eigenvalue weighted by Crippen LogP contribution is 2.21. The molecular formula is C15H28N2O2. The third kappa shape index (κ3) is 5.11. The SMILES string of the molecule is CC1(O)CCN(CCC(=O)NC2CCCCC2)CC1. The fraction of sp³-hybridized carbons (Fsp3) is 0.933. The van der Waals surface area contributed by atoms with Crippen LogP contribution in [0.5, 0.6) is 0 Å². The van der Waals surface area contributed by atoms with E-state index >= 15 is 0 Å². The van der Waals surface area contributed by atoms with Crippen molar-refractivity contribution in [1.82, 2.24) is 10.2 Å². The van der Waals surface area contributed by atoms with Gasteiger partial charge in [0, 0.05) is 32.1 Å². The van der Waals surface area contributed by atoms with Crippen LogP contribution in [0.25, 0.3) is 0 Å². The van der Waals surface area contributed by atoms with Crippen LogP contribution in [0.3, 0.4) is 0 Å². The highest BCUT2D eigenvalue weighted by atomic mass is 16.3. The molecular weight excluding hydrogens is 240 g/mol. The van der Waals surface area contributed by atoms with Crippen molar-refractivity contribution < 1.29 is 9.90 Å². The van der Waals surface area contributed by atoms with E-state index in [-0.39, 0.29) is 5.91 Å². The predicted molar refractivity (Wildman–Crippen MR) is 75.9 cm³/mol. The first-order valence-corrected chi connectivity index (χ1v) is 7.79. The summed E-state index contributed by atoms with van der Waals surface area (Å²) in [4.78, 5) is 14.2. The molecule has 0 unspecified atom stereocenters. The van der Waals surface area contributed by atoms with Crippen LogP contribution in [0.15, 0.2) is 0 Å². The second-order valence-corrected chi connectivity index (χ2v) is 6.49. The Bertz CT molecular complexity index is 289. The minimum atomic E-state index is -0.499. The van der Waals surface area contributed by atoms with Crippen LogP contribution in [0, 0.1) is 0 Å². The summed E-state index contributed by atoms with van der Waals surface area (Å²) in [6.45, 7) is 4.54. The fourth-order valence-electron chi connectivity index (χ4n) is 3.06. The average Bonchev–Trinajstić information content (AvgIpc) is 2.39. The van der Waals surface area contributed by atoms with Crippen LogP contribution in [-0.2, 0) is 4.79 Å². The van der Waals surface area contributed by atoms with Gasteiger partial charge in [-0.1, -0.05) is 19.3 Å². The van der Waals surface area contributed by atoms with E-state index < -0.39 is 5.60 Å². The normalized spacial score (nSPS) is 25.2. The van der Waals surface area contributed by atoms with E-state index in [4.69, 9.17) is 0 Å². The number of piperidine rings is 1. The van der Waals surface area contributed by atoms with Gasteiger partial charge in [0.15, 0.2) is 0 Å². The number of carbonyl (C=O) groups is 1. The van der Waals surface area contributed by atoms with E-state index in [9.17, 15) is 9.90 Å². The van der Waals surface area contributed by atoms with Crippen molar-refractivity contribution in [2.24, 2.45) is 0 Å². The van der Waals surface area contributed by atoms with Gasteiger partial charge in [-0.2, -0.15) is 0 Å². The maximum Gasteiger partial charge on any atom is 0.221 e. The average molecular weight is 268 g/mol. The Morgan fingerprint density at radius 2 is 1.89 bits per heavy atom. The number of nitrogens with one attached hydrogen (secondary N) is 1. The molecule has 2 N–H and O–H groups in total. The summed E-state index contributed by atoms with van der Waals surface area (Å²) in [5, 5.41) is 13.0. The Kier molecular flexibility index (Phi) is 5.22. The van der Waals surface area contributed by atoms with E-state index in [0.29, 0.717) is 12.5 Å². The summed E-state index contributed by atoms with van der Waals surface area (Å²) in [5.41, 5.74) is -0.499. The number of hydrogen-bond acceptors (Lipinski definition) is 3. The van der Waals surface area contributed by atoms with Crippen LogP contribution in [0.4, 0.5) is 0 Å². The van der Waals surface area contributed by atoms with Crippen molar-refractivity contribution in [2.45, 2.75) is 69.9 Å². The lowest BCUT2D eigenvalue weighted by molar-refractivity contribution is -0.122. The monoisotopic (exact) mass is 268 g/mol.